The van der Waals surface area contributed by atoms with Crippen molar-refractivity contribution in [3.8, 4) is 0 Å². The van der Waals surface area contributed by atoms with Crippen molar-refractivity contribution in [1.29, 1.82) is 0 Å². The average Bonchev–Trinajstić information content (AvgIpc) is 2.50. The molecular weight excluding hydrogens is 273 g/mol. The van der Waals surface area contributed by atoms with Crippen LogP contribution in [-0.2, 0) is 0 Å². The minimum atomic E-state index is -0.139. The molecule has 0 saturated carbocycles. The molecule has 0 heterocycles. The zero-order valence-electron chi connectivity index (χ0n) is 15.1. The highest BCUT2D eigenvalue weighted by atomic mass is 19.1. The van der Waals surface area contributed by atoms with Gasteiger partial charge in [-0.15, -0.1) is 0 Å². The maximum Gasteiger partial charge on any atom is 0.147 e. The summed E-state index contributed by atoms with van der Waals surface area (Å²) in [6.07, 6.45) is 2.81. The minimum Gasteiger partial charge on any atom is -0.370 e. The molecule has 1 atom stereocenters. The minimum absolute atomic E-state index is 0.139. The van der Waals surface area contributed by atoms with Crippen LogP contribution in [0.15, 0.2) is 30.4 Å². The van der Waals surface area contributed by atoms with Crippen LogP contribution in [0, 0.1) is 5.82 Å². The van der Waals surface area contributed by atoms with Crippen molar-refractivity contribution in [2.24, 2.45) is 0 Å². The molecule has 1 unspecified atom stereocenters. The number of hydrogen-bond acceptors (Lipinski definition) is 1. The van der Waals surface area contributed by atoms with E-state index in [-0.39, 0.29) is 11.9 Å². The molecule has 22 heavy (non-hydrogen) atoms. The molecule has 0 aliphatic carbocycles. The van der Waals surface area contributed by atoms with E-state index in [0.29, 0.717) is 5.92 Å². The maximum absolute atomic E-state index is 14.9. The van der Waals surface area contributed by atoms with Gasteiger partial charge in [-0.3, -0.25) is 0 Å². The largest absolute Gasteiger partial charge is 0.370 e. The summed E-state index contributed by atoms with van der Waals surface area (Å²) in [5.41, 5.74) is 4.94. The van der Waals surface area contributed by atoms with Gasteiger partial charge in [-0.2, -0.15) is 0 Å². The lowest BCUT2D eigenvalue weighted by Crippen LogP contribution is -2.28. The number of rotatable bonds is 6. The Bertz CT molecular complexity index is 569. The van der Waals surface area contributed by atoms with Crippen LogP contribution >= 0.6 is 0 Å². The Labute approximate surface area is 135 Å². The molecule has 1 rings (SSSR count). The molecule has 0 aromatic heterocycles. The van der Waals surface area contributed by atoms with Gasteiger partial charge in [-0.05, 0) is 74.4 Å². The van der Waals surface area contributed by atoms with Gasteiger partial charge in [0.15, 0.2) is 0 Å². The third kappa shape index (κ3) is 3.79. The van der Waals surface area contributed by atoms with Crippen LogP contribution in [-0.4, -0.2) is 13.1 Å². The first kappa shape index (κ1) is 18.5. The molecule has 0 spiro atoms. The van der Waals surface area contributed by atoms with Crippen LogP contribution in [0.1, 0.15) is 65.0 Å². The first-order chi connectivity index (χ1) is 10.2. The van der Waals surface area contributed by atoms with Crippen LogP contribution in [0.25, 0.3) is 5.57 Å². The van der Waals surface area contributed by atoms with Gasteiger partial charge in [0.2, 0.25) is 0 Å². The fourth-order valence-corrected chi connectivity index (χ4v) is 2.44. The summed E-state index contributed by atoms with van der Waals surface area (Å²) in [6, 6.07) is 4.06. The van der Waals surface area contributed by atoms with Gasteiger partial charge in [0.05, 0.1) is 5.69 Å². The molecule has 0 saturated heterocycles. The van der Waals surface area contributed by atoms with E-state index in [4.69, 9.17) is 0 Å². The van der Waals surface area contributed by atoms with Crippen molar-refractivity contribution in [3.63, 3.8) is 0 Å². The number of benzene rings is 1. The van der Waals surface area contributed by atoms with Crippen molar-refractivity contribution in [1.82, 2.24) is 0 Å². The van der Waals surface area contributed by atoms with Crippen molar-refractivity contribution >= 4 is 11.3 Å². The molecule has 122 valence electrons. The van der Waals surface area contributed by atoms with Crippen molar-refractivity contribution in [2.75, 3.05) is 11.9 Å². The second-order valence-corrected chi connectivity index (χ2v) is 6.42. The highest BCUT2D eigenvalue weighted by molar-refractivity contribution is 5.72. The molecule has 0 amide bonds. The highest BCUT2D eigenvalue weighted by Gasteiger charge is 2.20. The topological polar surface area (TPSA) is 3.24 Å². The van der Waals surface area contributed by atoms with Gasteiger partial charge in [-0.1, -0.05) is 26.5 Å². The zero-order valence-corrected chi connectivity index (χ0v) is 15.1. The van der Waals surface area contributed by atoms with Gasteiger partial charge >= 0.3 is 0 Å². The normalized spacial score (nSPS) is 13.9. The van der Waals surface area contributed by atoms with E-state index in [1.165, 1.54) is 0 Å². The molecule has 1 aromatic carbocycles. The third-order valence-electron chi connectivity index (χ3n) is 4.69. The summed E-state index contributed by atoms with van der Waals surface area (Å²) in [4.78, 5) is 2.03. The van der Waals surface area contributed by atoms with Crippen molar-refractivity contribution < 1.29 is 4.39 Å². The summed E-state index contributed by atoms with van der Waals surface area (Å²) in [5, 5.41) is 0. The van der Waals surface area contributed by atoms with Crippen LogP contribution in [0.2, 0.25) is 0 Å². The summed E-state index contributed by atoms with van der Waals surface area (Å²) in [6.45, 7) is 16.3. The van der Waals surface area contributed by atoms with Crippen LogP contribution in [0.5, 0.6) is 0 Å². The number of nitrogens with zero attached hydrogens (tertiary/aromatic N) is 1. The molecule has 0 aliphatic heterocycles. The van der Waals surface area contributed by atoms with Gasteiger partial charge in [-0.25, -0.2) is 4.39 Å². The Morgan fingerprint density at radius 1 is 1.27 bits per heavy atom. The first-order valence-electron chi connectivity index (χ1n) is 8.11. The summed E-state index contributed by atoms with van der Waals surface area (Å²) < 4.78 is 14.9. The van der Waals surface area contributed by atoms with E-state index in [2.05, 4.69) is 40.3 Å². The second-order valence-electron chi connectivity index (χ2n) is 6.42. The molecule has 0 fully saturated rings. The smallest absolute Gasteiger partial charge is 0.147 e. The highest BCUT2D eigenvalue weighted by Crippen LogP contribution is 2.36. The molecular formula is C20H30FN. The van der Waals surface area contributed by atoms with Crippen molar-refractivity contribution in [3.05, 3.63) is 47.3 Å². The number of allylic oxidation sites excluding steroid dienone is 3. The van der Waals surface area contributed by atoms with E-state index in [0.717, 1.165) is 34.4 Å². The molecule has 0 radical (unpaired) electrons. The Morgan fingerprint density at radius 3 is 2.32 bits per heavy atom. The molecule has 0 aliphatic rings. The van der Waals surface area contributed by atoms with Crippen LogP contribution in [0.4, 0.5) is 10.1 Å². The predicted octanol–water partition coefficient (Wildman–Crippen LogP) is 6.16. The molecule has 0 N–H and O–H groups in total. The average molecular weight is 303 g/mol. The molecule has 1 nitrogen and oxygen atoms in total. The van der Waals surface area contributed by atoms with Gasteiger partial charge in [0.1, 0.15) is 5.82 Å². The number of hydrogen-bond donors (Lipinski definition) is 0. The first-order valence-corrected chi connectivity index (χ1v) is 8.11. The lowest BCUT2D eigenvalue weighted by Gasteiger charge is -2.29. The number of anilines is 1. The Hall–Kier alpha value is -1.57. The van der Waals surface area contributed by atoms with E-state index in [1.807, 2.05) is 31.9 Å². The van der Waals surface area contributed by atoms with Gasteiger partial charge < -0.3 is 4.90 Å². The molecule has 2 heteroatoms. The fourth-order valence-electron chi connectivity index (χ4n) is 2.44. The Balaban J connectivity index is 3.59. The van der Waals surface area contributed by atoms with Crippen molar-refractivity contribution in [2.45, 2.75) is 59.9 Å². The third-order valence-corrected chi connectivity index (χ3v) is 4.69. The summed E-state index contributed by atoms with van der Waals surface area (Å²) in [7, 11) is 1.96. The molecule has 1 aromatic rings. The Morgan fingerprint density at radius 2 is 1.86 bits per heavy atom. The quantitative estimate of drug-likeness (QED) is 0.569. The Kier molecular flexibility index (Phi) is 6.40. The van der Waals surface area contributed by atoms with E-state index >= 15 is 0 Å². The maximum atomic E-state index is 14.9. The summed E-state index contributed by atoms with van der Waals surface area (Å²) >= 11 is 0. The standard InChI is InChI=1S/C20H30FN/c1-9-14(5)16(7)17-11-18(15(6)10-2)20(19(21)12-17)22(8)13(3)4/h9,11-13,15H,1,10H2,2-8H3/b16-14+. The lowest BCUT2D eigenvalue weighted by atomic mass is 9.91. The van der Waals surface area contributed by atoms with Gasteiger partial charge in [0, 0.05) is 13.1 Å². The predicted molar refractivity (Wildman–Crippen MR) is 97.1 cm³/mol. The van der Waals surface area contributed by atoms with E-state index in [1.54, 1.807) is 6.07 Å². The molecule has 0 bridgehead atoms. The van der Waals surface area contributed by atoms with Crippen LogP contribution < -0.4 is 4.90 Å². The number of halogens is 1. The SMILES string of the molecule is C=C/C(C)=C(\C)c1cc(F)c(N(C)C(C)C)c(C(C)CC)c1. The second kappa shape index (κ2) is 7.62. The van der Waals surface area contributed by atoms with Gasteiger partial charge in [0.25, 0.3) is 0 Å². The van der Waals surface area contributed by atoms with E-state index in [9.17, 15) is 4.39 Å². The van der Waals surface area contributed by atoms with Crippen LogP contribution in [0.3, 0.4) is 0 Å². The van der Waals surface area contributed by atoms with E-state index < -0.39 is 0 Å². The fraction of sp³-hybridized carbons (Fsp3) is 0.500. The lowest BCUT2D eigenvalue weighted by molar-refractivity contribution is 0.603. The monoisotopic (exact) mass is 303 g/mol. The summed E-state index contributed by atoms with van der Waals surface area (Å²) in [5.74, 6) is 0.183. The zero-order chi connectivity index (χ0) is 17.0.